The van der Waals surface area contributed by atoms with Crippen LogP contribution in [0.1, 0.15) is 29.3 Å². The van der Waals surface area contributed by atoms with E-state index in [-0.39, 0.29) is 6.04 Å². The van der Waals surface area contributed by atoms with Crippen LogP contribution in [-0.2, 0) is 4.79 Å². The third kappa shape index (κ3) is 2.74. The van der Waals surface area contributed by atoms with E-state index in [1.807, 2.05) is 35.7 Å². The Morgan fingerprint density at radius 2 is 2.18 bits per heavy atom. The topological polar surface area (TPSA) is 49.8 Å². The summed E-state index contributed by atoms with van der Waals surface area (Å²) in [6, 6.07) is 11.4. The normalized spacial score (nSPS) is 20.0. The molecule has 0 bridgehead atoms. The highest BCUT2D eigenvalue weighted by Gasteiger charge is 2.38. The van der Waals surface area contributed by atoms with Crippen LogP contribution in [0.2, 0.25) is 0 Å². The monoisotopic (exact) mass is 317 g/mol. The summed E-state index contributed by atoms with van der Waals surface area (Å²) in [6.07, 6.45) is 1.61. The number of aliphatic carboxylic acids is 1. The van der Waals surface area contributed by atoms with E-state index in [4.69, 9.17) is 4.74 Å². The summed E-state index contributed by atoms with van der Waals surface area (Å²) in [5.74, 6) is 0.0610. The summed E-state index contributed by atoms with van der Waals surface area (Å²) in [5, 5.41) is 11.6. The molecule has 3 rings (SSSR count). The third-order valence-corrected chi connectivity index (χ3v) is 5.08. The molecule has 1 aliphatic rings. The number of carboxylic acids is 1. The van der Waals surface area contributed by atoms with Crippen LogP contribution < -0.4 is 4.74 Å². The number of benzene rings is 1. The Hall–Kier alpha value is -1.85. The second kappa shape index (κ2) is 6.50. The number of thiophene rings is 1. The zero-order valence-corrected chi connectivity index (χ0v) is 13.3. The van der Waals surface area contributed by atoms with Gasteiger partial charge in [-0.1, -0.05) is 24.3 Å². The quantitative estimate of drug-likeness (QED) is 0.918. The first-order chi connectivity index (χ1) is 10.7. The second-order valence-corrected chi connectivity index (χ2v) is 6.37. The zero-order valence-electron chi connectivity index (χ0n) is 12.4. The van der Waals surface area contributed by atoms with E-state index in [2.05, 4.69) is 11.0 Å². The van der Waals surface area contributed by atoms with Gasteiger partial charge in [-0.15, -0.1) is 11.3 Å². The molecule has 2 aromatic rings. The summed E-state index contributed by atoms with van der Waals surface area (Å²) < 4.78 is 5.51. The van der Waals surface area contributed by atoms with Crippen LogP contribution in [0.5, 0.6) is 5.75 Å². The van der Waals surface area contributed by atoms with E-state index in [1.165, 1.54) is 0 Å². The molecule has 22 heavy (non-hydrogen) atoms. The van der Waals surface area contributed by atoms with Gasteiger partial charge in [0.1, 0.15) is 11.8 Å². The van der Waals surface area contributed by atoms with Crippen molar-refractivity contribution in [1.29, 1.82) is 0 Å². The van der Waals surface area contributed by atoms with Gasteiger partial charge in [0.05, 0.1) is 13.2 Å². The number of ether oxygens (including phenoxy) is 1. The Kier molecular flexibility index (Phi) is 4.45. The molecular formula is C17H19NO3S. The molecule has 2 heterocycles. The largest absolute Gasteiger partial charge is 0.496 e. The van der Waals surface area contributed by atoms with Crippen LogP contribution in [0, 0.1) is 0 Å². The first-order valence-electron chi connectivity index (χ1n) is 7.37. The van der Waals surface area contributed by atoms with E-state index in [1.54, 1.807) is 18.4 Å². The predicted molar refractivity (Wildman–Crippen MR) is 86.5 cm³/mol. The first-order valence-corrected chi connectivity index (χ1v) is 8.25. The van der Waals surface area contributed by atoms with E-state index in [9.17, 15) is 9.90 Å². The molecule has 4 nitrogen and oxygen atoms in total. The highest BCUT2D eigenvalue weighted by Crippen LogP contribution is 2.40. The molecule has 1 saturated heterocycles. The van der Waals surface area contributed by atoms with Gasteiger partial charge in [-0.2, -0.15) is 0 Å². The maximum absolute atomic E-state index is 11.6. The highest BCUT2D eigenvalue weighted by atomic mass is 32.1. The lowest BCUT2D eigenvalue weighted by Crippen LogP contribution is -2.39. The van der Waals surface area contributed by atoms with Gasteiger partial charge in [-0.25, -0.2) is 0 Å². The molecular weight excluding hydrogens is 298 g/mol. The SMILES string of the molecule is COc1ccccc1C(c1cccs1)N1CCCC1C(=O)O. The van der Waals surface area contributed by atoms with Crippen molar-refractivity contribution in [1.82, 2.24) is 4.90 Å². The lowest BCUT2D eigenvalue weighted by Gasteiger charge is -2.31. The van der Waals surface area contributed by atoms with E-state index in [0.29, 0.717) is 6.42 Å². The molecule has 1 N–H and O–H groups in total. The summed E-state index contributed by atoms with van der Waals surface area (Å²) >= 11 is 1.66. The molecule has 1 aromatic heterocycles. The predicted octanol–water partition coefficient (Wildman–Crippen LogP) is 3.40. The number of likely N-dealkylation sites (tertiary alicyclic amines) is 1. The lowest BCUT2D eigenvalue weighted by atomic mass is 10.0. The van der Waals surface area contributed by atoms with Gasteiger partial charge in [-0.05, 0) is 30.4 Å². The van der Waals surface area contributed by atoms with Crippen LogP contribution in [0.15, 0.2) is 41.8 Å². The second-order valence-electron chi connectivity index (χ2n) is 5.39. The first kappa shape index (κ1) is 15.1. The van der Waals surface area contributed by atoms with Gasteiger partial charge >= 0.3 is 5.97 Å². The summed E-state index contributed by atoms with van der Waals surface area (Å²) in [4.78, 5) is 14.8. The van der Waals surface area contributed by atoms with Gasteiger partial charge in [0.15, 0.2) is 0 Å². The minimum Gasteiger partial charge on any atom is -0.496 e. The fourth-order valence-corrected chi connectivity index (χ4v) is 4.06. The van der Waals surface area contributed by atoms with Crippen molar-refractivity contribution < 1.29 is 14.6 Å². The van der Waals surface area contributed by atoms with Crippen LogP contribution >= 0.6 is 11.3 Å². The van der Waals surface area contributed by atoms with Gasteiger partial charge in [0.25, 0.3) is 0 Å². The smallest absolute Gasteiger partial charge is 0.320 e. The Balaban J connectivity index is 2.07. The number of nitrogens with zero attached hydrogens (tertiary/aromatic N) is 1. The Morgan fingerprint density at radius 3 is 2.86 bits per heavy atom. The molecule has 2 atom stereocenters. The average Bonchev–Trinajstić information content (AvgIpc) is 3.20. The molecule has 5 heteroatoms. The van der Waals surface area contributed by atoms with Crippen LogP contribution in [0.25, 0.3) is 0 Å². The maximum atomic E-state index is 11.6. The lowest BCUT2D eigenvalue weighted by molar-refractivity contribution is -0.142. The molecule has 1 aromatic carbocycles. The minimum atomic E-state index is -0.742. The van der Waals surface area contributed by atoms with E-state index in [0.717, 1.165) is 29.2 Å². The summed E-state index contributed by atoms with van der Waals surface area (Å²) in [5.41, 5.74) is 1.03. The molecule has 2 unspecified atom stereocenters. The van der Waals surface area contributed by atoms with Crippen molar-refractivity contribution in [3.8, 4) is 5.75 Å². The van der Waals surface area contributed by atoms with Crippen LogP contribution in [0.3, 0.4) is 0 Å². The number of carboxylic acid groups (broad SMARTS) is 1. The van der Waals surface area contributed by atoms with Crippen molar-refractivity contribution in [3.05, 3.63) is 52.2 Å². The van der Waals surface area contributed by atoms with Crippen molar-refractivity contribution in [2.24, 2.45) is 0 Å². The highest BCUT2D eigenvalue weighted by molar-refractivity contribution is 7.10. The number of carbonyl (C=O) groups is 1. The zero-order chi connectivity index (χ0) is 15.5. The van der Waals surface area contributed by atoms with Crippen molar-refractivity contribution in [2.45, 2.75) is 24.9 Å². The van der Waals surface area contributed by atoms with Crippen LogP contribution in [0.4, 0.5) is 0 Å². The standard InChI is InChI=1S/C17H19NO3S/c1-21-14-8-3-2-6-12(14)16(15-9-5-11-22-15)18-10-4-7-13(18)17(19)20/h2-3,5-6,8-9,11,13,16H,4,7,10H2,1H3,(H,19,20). The van der Waals surface area contributed by atoms with E-state index >= 15 is 0 Å². The van der Waals surface area contributed by atoms with Gasteiger partial charge in [0.2, 0.25) is 0 Å². The fourth-order valence-electron chi connectivity index (χ4n) is 3.20. The van der Waals surface area contributed by atoms with Gasteiger partial charge in [0, 0.05) is 17.0 Å². The maximum Gasteiger partial charge on any atom is 0.320 e. The number of hydrogen-bond acceptors (Lipinski definition) is 4. The molecule has 116 valence electrons. The number of rotatable bonds is 5. The number of para-hydroxylation sites is 1. The van der Waals surface area contributed by atoms with Crippen LogP contribution in [-0.4, -0.2) is 35.7 Å². The Morgan fingerprint density at radius 1 is 1.36 bits per heavy atom. The molecule has 0 amide bonds. The van der Waals surface area contributed by atoms with E-state index < -0.39 is 12.0 Å². The molecule has 0 radical (unpaired) electrons. The van der Waals surface area contributed by atoms with Crippen molar-refractivity contribution in [3.63, 3.8) is 0 Å². The molecule has 1 fully saturated rings. The van der Waals surface area contributed by atoms with Crippen molar-refractivity contribution in [2.75, 3.05) is 13.7 Å². The number of hydrogen-bond donors (Lipinski definition) is 1. The Labute approximate surface area is 134 Å². The minimum absolute atomic E-state index is 0.0697. The number of methoxy groups -OCH3 is 1. The van der Waals surface area contributed by atoms with Gasteiger partial charge in [-0.3, -0.25) is 9.69 Å². The fraction of sp³-hybridized carbons (Fsp3) is 0.353. The average molecular weight is 317 g/mol. The molecule has 1 aliphatic heterocycles. The summed E-state index contributed by atoms with van der Waals surface area (Å²) in [6.45, 7) is 0.789. The van der Waals surface area contributed by atoms with Crippen molar-refractivity contribution >= 4 is 17.3 Å². The Bertz CT molecular complexity index is 641. The van der Waals surface area contributed by atoms with Gasteiger partial charge < -0.3 is 9.84 Å². The third-order valence-electron chi connectivity index (χ3n) is 4.16. The summed E-state index contributed by atoms with van der Waals surface area (Å²) in [7, 11) is 1.66. The molecule has 0 aliphatic carbocycles. The molecule has 0 saturated carbocycles. The molecule has 0 spiro atoms.